The van der Waals surface area contributed by atoms with E-state index in [0.717, 1.165) is 13.0 Å². The summed E-state index contributed by atoms with van der Waals surface area (Å²) in [6.07, 6.45) is 0.788. The molecule has 0 aliphatic carbocycles. The fraction of sp³-hybridized carbons (Fsp3) is 0.579. The topological polar surface area (TPSA) is 65.1 Å². The van der Waals surface area contributed by atoms with Crippen molar-refractivity contribution < 1.29 is 18.7 Å². The number of carbonyl (C=O) groups is 2. The Hall–Kier alpha value is -2.35. The second-order valence-corrected chi connectivity index (χ2v) is 6.46. The number of anilines is 1. The zero-order valence-corrected chi connectivity index (χ0v) is 16.3. The van der Waals surface area contributed by atoms with Crippen LogP contribution in [0.1, 0.15) is 20.3 Å². The van der Waals surface area contributed by atoms with Gasteiger partial charge in [0.25, 0.3) is 0 Å². The Morgan fingerprint density at radius 3 is 2.56 bits per heavy atom. The van der Waals surface area contributed by atoms with Crippen molar-refractivity contribution in [2.75, 3.05) is 58.2 Å². The van der Waals surface area contributed by atoms with Crippen molar-refractivity contribution in [1.82, 2.24) is 14.7 Å². The Kier molecular flexibility index (Phi) is 7.84. The van der Waals surface area contributed by atoms with Gasteiger partial charge in [0, 0.05) is 51.0 Å². The predicted octanol–water partition coefficient (Wildman–Crippen LogP) is 2.24. The Balaban J connectivity index is 1.88. The van der Waals surface area contributed by atoms with Crippen LogP contribution in [0.25, 0.3) is 0 Å². The van der Waals surface area contributed by atoms with Gasteiger partial charge in [-0.2, -0.15) is 0 Å². The number of halogens is 1. The summed E-state index contributed by atoms with van der Waals surface area (Å²) in [6, 6.07) is 4.06. The standard InChI is InChI=1S/C19H29FN4O3/c1-4-23(5-2)18(25)14-22-9-6-10-24(12-11-22)19(26)21-15-7-8-17(27-3)16(20)13-15/h7-8,13H,4-6,9-12,14H2,1-3H3,(H,21,26). The van der Waals surface area contributed by atoms with Gasteiger partial charge in [-0.05, 0) is 32.4 Å². The van der Waals surface area contributed by atoms with Crippen molar-refractivity contribution in [2.45, 2.75) is 20.3 Å². The van der Waals surface area contributed by atoms with Crippen molar-refractivity contribution in [3.05, 3.63) is 24.0 Å². The molecular formula is C19H29FN4O3. The first-order valence-electron chi connectivity index (χ1n) is 9.38. The third kappa shape index (κ3) is 5.82. The Bertz CT molecular complexity index is 652. The Labute approximate surface area is 160 Å². The minimum Gasteiger partial charge on any atom is -0.494 e. The summed E-state index contributed by atoms with van der Waals surface area (Å²) in [7, 11) is 1.39. The van der Waals surface area contributed by atoms with Crippen LogP contribution in [-0.4, -0.2) is 79.6 Å². The minimum atomic E-state index is -0.521. The lowest BCUT2D eigenvalue weighted by Crippen LogP contribution is -2.42. The van der Waals surface area contributed by atoms with Crippen LogP contribution in [0.2, 0.25) is 0 Å². The van der Waals surface area contributed by atoms with E-state index in [4.69, 9.17) is 4.74 Å². The maximum Gasteiger partial charge on any atom is 0.321 e. The first kappa shape index (κ1) is 21.0. The third-order valence-electron chi connectivity index (χ3n) is 4.75. The number of likely N-dealkylation sites (N-methyl/N-ethyl adjacent to an activating group) is 1. The molecule has 7 nitrogen and oxygen atoms in total. The molecule has 0 atom stereocenters. The number of carbonyl (C=O) groups excluding carboxylic acids is 2. The zero-order valence-electron chi connectivity index (χ0n) is 16.3. The smallest absolute Gasteiger partial charge is 0.321 e. The van der Waals surface area contributed by atoms with Gasteiger partial charge in [-0.3, -0.25) is 9.69 Å². The summed E-state index contributed by atoms with van der Waals surface area (Å²) in [5.74, 6) is -0.268. The van der Waals surface area contributed by atoms with Gasteiger partial charge in [0.2, 0.25) is 5.91 Å². The Morgan fingerprint density at radius 1 is 1.19 bits per heavy atom. The van der Waals surface area contributed by atoms with E-state index in [1.54, 1.807) is 11.0 Å². The highest BCUT2D eigenvalue weighted by molar-refractivity contribution is 5.89. The highest BCUT2D eigenvalue weighted by atomic mass is 19.1. The molecule has 0 radical (unpaired) electrons. The lowest BCUT2D eigenvalue weighted by atomic mass is 10.3. The summed E-state index contributed by atoms with van der Waals surface area (Å²) in [5, 5.41) is 2.72. The monoisotopic (exact) mass is 380 g/mol. The molecule has 0 unspecified atom stereocenters. The lowest BCUT2D eigenvalue weighted by Gasteiger charge is -2.25. The van der Waals surface area contributed by atoms with E-state index in [1.807, 2.05) is 18.7 Å². The molecule has 27 heavy (non-hydrogen) atoms. The van der Waals surface area contributed by atoms with Gasteiger partial charge in [0.05, 0.1) is 13.7 Å². The maximum atomic E-state index is 13.8. The number of nitrogens with one attached hydrogen (secondary N) is 1. The fourth-order valence-corrected chi connectivity index (χ4v) is 3.15. The van der Waals surface area contributed by atoms with Crippen LogP contribution in [0.15, 0.2) is 18.2 Å². The van der Waals surface area contributed by atoms with Crippen LogP contribution in [0.5, 0.6) is 5.75 Å². The zero-order chi connectivity index (χ0) is 19.8. The van der Waals surface area contributed by atoms with Crippen LogP contribution >= 0.6 is 0 Å². The highest BCUT2D eigenvalue weighted by Crippen LogP contribution is 2.21. The second-order valence-electron chi connectivity index (χ2n) is 6.46. The molecule has 1 heterocycles. The molecule has 1 aromatic carbocycles. The van der Waals surface area contributed by atoms with Crippen molar-refractivity contribution >= 4 is 17.6 Å². The van der Waals surface area contributed by atoms with Gasteiger partial charge < -0.3 is 19.9 Å². The molecule has 150 valence electrons. The molecule has 0 spiro atoms. The minimum absolute atomic E-state index is 0.117. The van der Waals surface area contributed by atoms with Gasteiger partial charge in [-0.1, -0.05) is 0 Å². The number of hydrogen-bond acceptors (Lipinski definition) is 4. The first-order chi connectivity index (χ1) is 13.0. The molecule has 1 aliphatic heterocycles. The number of ether oxygens (including phenoxy) is 1. The summed E-state index contributed by atoms with van der Waals surface area (Å²) >= 11 is 0. The summed E-state index contributed by atoms with van der Waals surface area (Å²) in [4.78, 5) is 30.4. The second kappa shape index (κ2) is 10.1. The molecule has 2 rings (SSSR count). The molecule has 0 bridgehead atoms. The number of hydrogen-bond donors (Lipinski definition) is 1. The van der Waals surface area contributed by atoms with Crippen molar-refractivity contribution in [3.63, 3.8) is 0 Å². The van der Waals surface area contributed by atoms with Crippen molar-refractivity contribution in [2.24, 2.45) is 0 Å². The van der Waals surface area contributed by atoms with Gasteiger partial charge in [0.1, 0.15) is 0 Å². The number of rotatable bonds is 6. The summed E-state index contributed by atoms with van der Waals surface area (Å²) < 4.78 is 18.7. The molecule has 0 saturated carbocycles. The number of methoxy groups -OCH3 is 1. The van der Waals surface area contributed by atoms with Gasteiger partial charge in [0.15, 0.2) is 11.6 Å². The highest BCUT2D eigenvalue weighted by Gasteiger charge is 2.22. The van der Waals surface area contributed by atoms with Crippen LogP contribution < -0.4 is 10.1 Å². The maximum absolute atomic E-state index is 13.8. The molecule has 8 heteroatoms. The molecule has 1 N–H and O–H groups in total. The van der Waals surface area contributed by atoms with Crippen LogP contribution in [0.4, 0.5) is 14.9 Å². The van der Waals surface area contributed by atoms with E-state index in [9.17, 15) is 14.0 Å². The van der Waals surface area contributed by atoms with Crippen molar-refractivity contribution in [3.8, 4) is 5.75 Å². The van der Waals surface area contributed by atoms with Crippen LogP contribution in [0, 0.1) is 5.82 Å². The molecular weight excluding hydrogens is 351 g/mol. The van der Waals surface area contributed by atoms with E-state index < -0.39 is 5.82 Å². The average molecular weight is 380 g/mol. The van der Waals surface area contributed by atoms with Gasteiger partial charge >= 0.3 is 6.03 Å². The Morgan fingerprint density at radius 2 is 1.93 bits per heavy atom. The normalized spacial score (nSPS) is 15.2. The predicted molar refractivity (Wildman–Crippen MR) is 103 cm³/mol. The van der Waals surface area contributed by atoms with Crippen molar-refractivity contribution in [1.29, 1.82) is 0 Å². The molecule has 0 aromatic heterocycles. The molecule has 1 fully saturated rings. The largest absolute Gasteiger partial charge is 0.494 e. The number of amides is 3. The SMILES string of the molecule is CCN(CC)C(=O)CN1CCCN(C(=O)Nc2ccc(OC)c(F)c2)CC1. The van der Waals surface area contributed by atoms with E-state index in [2.05, 4.69) is 10.2 Å². The third-order valence-corrected chi connectivity index (χ3v) is 4.75. The van der Waals surface area contributed by atoms with Crippen LogP contribution in [0.3, 0.4) is 0 Å². The number of nitrogens with zero attached hydrogens (tertiary/aromatic N) is 3. The fourth-order valence-electron chi connectivity index (χ4n) is 3.15. The lowest BCUT2D eigenvalue weighted by molar-refractivity contribution is -0.132. The van der Waals surface area contributed by atoms with E-state index >= 15 is 0 Å². The summed E-state index contributed by atoms with van der Waals surface area (Å²) in [5.41, 5.74) is 0.385. The first-order valence-corrected chi connectivity index (χ1v) is 9.38. The quantitative estimate of drug-likeness (QED) is 0.822. The average Bonchev–Trinajstić information content (AvgIpc) is 2.88. The van der Waals surface area contributed by atoms with E-state index in [1.165, 1.54) is 19.2 Å². The molecule has 1 aliphatic rings. The molecule has 1 saturated heterocycles. The van der Waals surface area contributed by atoms with Gasteiger partial charge in [-0.25, -0.2) is 9.18 Å². The summed E-state index contributed by atoms with van der Waals surface area (Å²) in [6.45, 7) is 8.25. The van der Waals surface area contributed by atoms with Crippen LogP contribution in [-0.2, 0) is 4.79 Å². The molecule has 1 aromatic rings. The van der Waals surface area contributed by atoms with E-state index in [-0.39, 0.29) is 17.7 Å². The number of urea groups is 1. The van der Waals surface area contributed by atoms with E-state index in [0.29, 0.717) is 45.0 Å². The number of benzene rings is 1. The van der Waals surface area contributed by atoms with Gasteiger partial charge in [-0.15, -0.1) is 0 Å². The molecule has 3 amide bonds.